The van der Waals surface area contributed by atoms with E-state index in [1.54, 1.807) is 31.3 Å². The third kappa shape index (κ3) is 3.99. The standard InChI is InChI=1S/C13H13F3N2O2S2/c1-17-10-4-2-9(3-5-10)8-18-22(19,20)12-7-6-11(21-12)13(14,15)16/h2-7,17-18H,8H2,1H3. The number of hydrogen-bond donors (Lipinski definition) is 2. The second-order valence-corrected chi connectivity index (χ2v) is 7.47. The van der Waals surface area contributed by atoms with Crippen molar-refractivity contribution >= 4 is 27.0 Å². The number of thiophene rings is 1. The molecule has 9 heteroatoms. The van der Waals surface area contributed by atoms with Crippen molar-refractivity contribution in [2.75, 3.05) is 12.4 Å². The minimum atomic E-state index is -4.54. The Labute approximate surface area is 130 Å². The number of sulfonamides is 1. The summed E-state index contributed by atoms with van der Waals surface area (Å²) in [5.41, 5.74) is 1.58. The molecule has 0 aliphatic heterocycles. The van der Waals surface area contributed by atoms with Gasteiger partial charge in [-0.3, -0.25) is 0 Å². The van der Waals surface area contributed by atoms with E-state index in [0.29, 0.717) is 5.56 Å². The van der Waals surface area contributed by atoms with Gasteiger partial charge in [0.05, 0.1) is 0 Å². The maximum absolute atomic E-state index is 12.5. The summed E-state index contributed by atoms with van der Waals surface area (Å²) in [6.07, 6.45) is -4.54. The van der Waals surface area contributed by atoms with Crippen LogP contribution in [0.3, 0.4) is 0 Å². The molecule has 0 atom stereocenters. The van der Waals surface area contributed by atoms with Gasteiger partial charge in [-0.1, -0.05) is 12.1 Å². The molecule has 22 heavy (non-hydrogen) atoms. The van der Waals surface area contributed by atoms with Crippen LogP contribution in [0.4, 0.5) is 18.9 Å². The first-order chi connectivity index (χ1) is 10.2. The molecule has 2 rings (SSSR count). The Balaban J connectivity index is 2.09. The highest BCUT2D eigenvalue weighted by Crippen LogP contribution is 2.36. The molecule has 1 aromatic carbocycles. The van der Waals surface area contributed by atoms with E-state index >= 15 is 0 Å². The minimum Gasteiger partial charge on any atom is -0.388 e. The Morgan fingerprint density at radius 1 is 1.09 bits per heavy atom. The minimum absolute atomic E-state index is 0.00553. The fourth-order valence-corrected chi connectivity index (χ4v) is 3.89. The fourth-order valence-electron chi connectivity index (χ4n) is 1.66. The van der Waals surface area contributed by atoms with Crippen molar-refractivity contribution in [3.63, 3.8) is 0 Å². The topological polar surface area (TPSA) is 58.2 Å². The largest absolute Gasteiger partial charge is 0.425 e. The number of hydrogen-bond acceptors (Lipinski definition) is 4. The van der Waals surface area contributed by atoms with Gasteiger partial charge in [-0.2, -0.15) is 13.2 Å². The van der Waals surface area contributed by atoms with Gasteiger partial charge in [0.1, 0.15) is 9.09 Å². The zero-order valence-electron chi connectivity index (χ0n) is 11.4. The number of alkyl halides is 3. The zero-order chi connectivity index (χ0) is 16.4. The highest BCUT2D eigenvalue weighted by molar-refractivity contribution is 7.91. The first-order valence-corrected chi connectivity index (χ1v) is 8.46. The lowest BCUT2D eigenvalue weighted by Crippen LogP contribution is -2.22. The van der Waals surface area contributed by atoms with Gasteiger partial charge in [0, 0.05) is 19.3 Å². The summed E-state index contributed by atoms with van der Waals surface area (Å²) in [7, 11) is -2.20. The first-order valence-electron chi connectivity index (χ1n) is 6.16. The number of nitrogens with one attached hydrogen (secondary N) is 2. The quantitative estimate of drug-likeness (QED) is 0.870. The van der Waals surface area contributed by atoms with Gasteiger partial charge in [0.25, 0.3) is 0 Å². The van der Waals surface area contributed by atoms with E-state index in [1.807, 2.05) is 0 Å². The van der Waals surface area contributed by atoms with Crippen LogP contribution in [0, 0.1) is 0 Å². The SMILES string of the molecule is CNc1ccc(CNS(=O)(=O)c2ccc(C(F)(F)F)s2)cc1. The number of anilines is 1. The van der Waals surface area contributed by atoms with Crippen LogP contribution in [0.2, 0.25) is 0 Å². The predicted molar refractivity (Wildman–Crippen MR) is 79.3 cm³/mol. The van der Waals surface area contributed by atoms with Gasteiger partial charge in [-0.15, -0.1) is 11.3 Å². The molecule has 4 nitrogen and oxygen atoms in total. The van der Waals surface area contributed by atoms with Crippen molar-refractivity contribution in [2.45, 2.75) is 16.9 Å². The van der Waals surface area contributed by atoms with Gasteiger partial charge in [0.2, 0.25) is 10.0 Å². The van der Waals surface area contributed by atoms with Crippen LogP contribution >= 0.6 is 11.3 Å². The monoisotopic (exact) mass is 350 g/mol. The molecule has 0 aliphatic rings. The smallest absolute Gasteiger partial charge is 0.388 e. The summed E-state index contributed by atoms with van der Waals surface area (Å²) in [6.45, 7) is 0.00553. The van der Waals surface area contributed by atoms with E-state index < -0.39 is 21.1 Å². The molecule has 0 unspecified atom stereocenters. The molecule has 0 bridgehead atoms. The van der Waals surface area contributed by atoms with E-state index in [-0.39, 0.29) is 22.1 Å². The number of halogens is 3. The summed E-state index contributed by atoms with van der Waals surface area (Å²) in [4.78, 5) is -0.939. The highest BCUT2D eigenvalue weighted by atomic mass is 32.2. The Morgan fingerprint density at radius 3 is 2.23 bits per heavy atom. The molecule has 0 amide bonds. The summed E-state index contributed by atoms with van der Waals surface area (Å²) < 4.78 is 63.4. The van der Waals surface area contributed by atoms with Crippen LogP contribution in [-0.2, 0) is 22.7 Å². The van der Waals surface area contributed by atoms with Gasteiger partial charge in [-0.05, 0) is 29.8 Å². The van der Waals surface area contributed by atoms with Crippen LogP contribution in [0.15, 0.2) is 40.6 Å². The first kappa shape index (κ1) is 16.8. The molecule has 2 aromatic rings. The Morgan fingerprint density at radius 2 is 1.73 bits per heavy atom. The van der Waals surface area contributed by atoms with Gasteiger partial charge in [0.15, 0.2) is 0 Å². The van der Waals surface area contributed by atoms with Crippen LogP contribution in [0.25, 0.3) is 0 Å². The predicted octanol–water partition coefficient (Wildman–Crippen LogP) is 3.29. The number of benzene rings is 1. The van der Waals surface area contributed by atoms with Crippen molar-refractivity contribution in [1.82, 2.24) is 4.72 Å². The molecule has 1 aromatic heterocycles. The second-order valence-electron chi connectivity index (χ2n) is 4.39. The molecule has 2 N–H and O–H groups in total. The molecule has 0 saturated carbocycles. The summed E-state index contributed by atoms with van der Waals surface area (Å²) >= 11 is 0.203. The summed E-state index contributed by atoms with van der Waals surface area (Å²) in [5, 5.41) is 2.93. The van der Waals surface area contributed by atoms with Crippen molar-refractivity contribution < 1.29 is 21.6 Å². The molecule has 0 saturated heterocycles. The van der Waals surface area contributed by atoms with Crippen molar-refractivity contribution in [1.29, 1.82) is 0 Å². The lowest BCUT2D eigenvalue weighted by atomic mass is 10.2. The van der Waals surface area contributed by atoms with E-state index in [4.69, 9.17) is 0 Å². The zero-order valence-corrected chi connectivity index (χ0v) is 13.1. The Kier molecular flexibility index (Phi) is 4.78. The van der Waals surface area contributed by atoms with Crippen molar-refractivity contribution in [2.24, 2.45) is 0 Å². The molecule has 1 heterocycles. The van der Waals surface area contributed by atoms with Crippen LogP contribution in [0.5, 0.6) is 0 Å². The summed E-state index contributed by atoms with van der Waals surface area (Å²) in [5.74, 6) is 0. The van der Waals surface area contributed by atoms with Crippen LogP contribution in [0.1, 0.15) is 10.4 Å². The average Bonchev–Trinajstić information content (AvgIpc) is 2.96. The van der Waals surface area contributed by atoms with Crippen LogP contribution < -0.4 is 10.0 Å². The normalized spacial score (nSPS) is 12.4. The second kappa shape index (κ2) is 6.27. The third-order valence-corrected chi connectivity index (χ3v) is 5.86. The van der Waals surface area contributed by atoms with Gasteiger partial charge in [-0.25, -0.2) is 13.1 Å². The number of rotatable bonds is 5. The fraction of sp³-hybridized carbons (Fsp3) is 0.231. The van der Waals surface area contributed by atoms with E-state index in [1.165, 1.54) is 0 Å². The van der Waals surface area contributed by atoms with E-state index in [2.05, 4.69) is 10.0 Å². The van der Waals surface area contributed by atoms with Gasteiger partial charge < -0.3 is 5.32 Å². The van der Waals surface area contributed by atoms with Crippen molar-refractivity contribution in [3.8, 4) is 0 Å². The molecule has 0 aliphatic carbocycles. The van der Waals surface area contributed by atoms with E-state index in [0.717, 1.165) is 17.8 Å². The Hall–Kier alpha value is -1.58. The summed E-state index contributed by atoms with van der Waals surface area (Å²) in [6, 6.07) is 8.72. The molecular formula is C13H13F3N2O2S2. The Bertz CT molecular complexity index is 737. The molecule has 0 spiro atoms. The molecule has 0 fully saturated rings. The lowest BCUT2D eigenvalue weighted by molar-refractivity contribution is -0.134. The average molecular weight is 350 g/mol. The highest BCUT2D eigenvalue weighted by Gasteiger charge is 2.34. The van der Waals surface area contributed by atoms with Crippen LogP contribution in [-0.4, -0.2) is 15.5 Å². The van der Waals surface area contributed by atoms with Gasteiger partial charge >= 0.3 is 6.18 Å². The van der Waals surface area contributed by atoms with Crippen molar-refractivity contribution in [3.05, 3.63) is 46.8 Å². The lowest BCUT2D eigenvalue weighted by Gasteiger charge is -2.06. The molecule has 0 radical (unpaired) electrons. The maximum atomic E-state index is 12.5. The maximum Gasteiger partial charge on any atom is 0.425 e. The van der Waals surface area contributed by atoms with E-state index in [9.17, 15) is 21.6 Å². The molecule has 120 valence electrons. The molecular weight excluding hydrogens is 337 g/mol. The third-order valence-electron chi connectivity index (χ3n) is 2.83.